The summed E-state index contributed by atoms with van der Waals surface area (Å²) in [5.41, 5.74) is 5.69. The molecule has 0 aliphatic heterocycles. The molecule has 0 aromatic rings. The van der Waals surface area contributed by atoms with E-state index in [0.29, 0.717) is 18.9 Å². The van der Waals surface area contributed by atoms with Gasteiger partial charge in [-0.3, -0.25) is 4.79 Å². The third kappa shape index (κ3) is 7.62. The number of carbonyl (C=O) groups is 1. The molecule has 0 heterocycles. The smallest absolute Gasteiger partial charge is 0.341 e. The van der Waals surface area contributed by atoms with E-state index in [9.17, 15) is 18.0 Å². The molecular formula is C12H22ClF3N2O. The van der Waals surface area contributed by atoms with E-state index >= 15 is 0 Å². The first-order valence-electron chi connectivity index (χ1n) is 6.44. The van der Waals surface area contributed by atoms with E-state index in [1.165, 1.54) is 4.90 Å². The maximum Gasteiger partial charge on any atom is 0.390 e. The Kier molecular flexibility index (Phi) is 7.74. The fourth-order valence-electron chi connectivity index (χ4n) is 1.83. The molecule has 1 unspecified atom stereocenters. The zero-order chi connectivity index (χ0) is 13.8. The SMILES string of the molecule is CCCC(N)C(=O)N(CCC(F)(F)F)CC1CC1.Cl. The lowest BCUT2D eigenvalue weighted by molar-refractivity contribution is -0.146. The molecule has 3 nitrogen and oxygen atoms in total. The van der Waals surface area contributed by atoms with Crippen molar-refractivity contribution in [3.63, 3.8) is 0 Å². The highest BCUT2D eigenvalue weighted by Gasteiger charge is 2.33. The first-order chi connectivity index (χ1) is 8.33. The Morgan fingerprint density at radius 2 is 2.00 bits per heavy atom. The Balaban J connectivity index is 0.00000324. The highest BCUT2D eigenvalue weighted by atomic mass is 35.5. The van der Waals surface area contributed by atoms with Gasteiger partial charge in [-0.15, -0.1) is 12.4 Å². The second kappa shape index (κ2) is 7.94. The Labute approximate surface area is 118 Å². The van der Waals surface area contributed by atoms with Crippen LogP contribution in [0.15, 0.2) is 0 Å². The second-order valence-electron chi connectivity index (χ2n) is 4.99. The minimum Gasteiger partial charge on any atom is -0.341 e. The average Bonchev–Trinajstić information content (AvgIpc) is 3.06. The van der Waals surface area contributed by atoms with Crippen molar-refractivity contribution < 1.29 is 18.0 Å². The fraction of sp³-hybridized carbons (Fsp3) is 0.917. The van der Waals surface area contributed by atoms with Crippen LogP contribution in [0.4, 0.5) is 13.2 Å². The third-order valence-electron chi connectivity index (χ3n) is 3.07. The van der Waals surface area contributed by atoms with E-state index in [4.69, 9.17) is 5.73 Å². The van der Waals surface area contributed by atoms with Crippen molar-refractivity contribution in [3.05, 3.63) is 0 Å². The van der Waals surface area contributed by atoms with Crippen LogP contribution in [0.2, 0.25) is 0 Å². The molecule has 114 valence electrons. The molecule has 0 aromatic heterocycles. The van der Waals surface area contributed by atoms with Crippen LogP contribution in [0.1, 0.15) is 39.0 Å². The largest absolute Gasteiger partial charge is 0.390 e. The topological polar surface area (TPSA) is 46.3 Å². The number of halogens is 4. The van der Waals surface area contributed by atoms with Crippen molar-refractivity contribution in [1.82, 2.24) is 4.90 Å². The average molecular weight is 303 g/mol. The third-order valence-corrected chi connectivity index (χ3v) is 3.07. The summed E-state index contributed by atoms with van der Waals surface area (Å²) in [5.74, 6) is 0.0315. The molecule has 1 rings (SSSR count). The molecule has 1 saturated carbocycles. The predicted octanol–water partition coefficient (Wildman–Crippen LogP) is 2.73. The lowest BCUT2D eigenvalue weighted by Crippen LogP contribution is -2.45. The molecule has 0 radical (unpaired) electrons. The zero-order valence-electron chi connectivity index (χ0n) is 11.1. The molecule has 1 atom stereocenters. The molecule has 1 amide bonds. The van der Waals surface area contributed by atoms with Gasteiger partial charge in [-0.25, -0.2) is 0 Å². The summed E-state index contributed by atoms with van der Waals surface area (Å²) in [6.07, 6.45) is -1.91. The molecule has 1 aliphatic rings. The van der Waals surface area contributed by atoms with Gasteiger partial charge in [-0.05, 0) is 25.2 Å². The van der Waals surface area contributed by atoms with Gasteiger partial charge in [0, 0.05) is 13.1 Å². The number of hydrogen-bond acceptors (Lipinski definition) is 2. The van der Waals surface area contributed by atoms with E-state index in [0.717, 1.165) is 19.3 Å². The highest BCUT2D eigenvalue weighted by molar-refractivity contribution is 5.85. The van der Waals surface area contributed by atoms with Crippen molar-refractivity contribution in [2.75, 3.05) is 13.1 Å². The van der Waals surface area contributed by atoms with Crippen molar-refractivity contribution in [3.8, 4) is 0 Å². The van der Waals surface area contributed by atoms with E-state index in [-0.39, 0.29) is 24.9 Å². The van der Waals surface area contributed by atoms with Crippen molar-refractivity contribution in [1.29, 1.82) is 0 Å². The minimum atomic E-state index is -4.23. The van der Waals surface area contributed by atoms with Crippen LogP contribution in [-0.4, -0.2) is 36.1 Å². The molecule has 0 bridgehead atoms. The van der Waals surface area contributed by atoms with Gasteiger partial charge in [0.1, 0.15) is 0 Å². The number of nitrogens with two attached hydrogens (primary N) is 1. The summed E-state index contributed by atoms with van der Waals surface area (Å²) in [6.45, 7) is 2.05. The monoisotopic (exact) mass is 302 g/mol. The summed E-state index contributed by atoms with van der Waals surface area (Å²) in [7, 11) is 0. The van der Waals surface area contributed by atoms with Gasteiger partial charge in [0.25, 0.3) is 0 Å². The molecule has 2 N–H and O–H groups in total. The van der Waals surface area contributed by atoms with E-state index in [1.807, 2.05) is 6.92 Å². The number of nitrogens with zero attached hydrogens (tertiary/aromatic N) is 1. The van der Waals surface area contributed by atoms with Crippen LogP contribution in [0.5, 0.6) is 0 Å². The molecule has 1 fully saturated rings. The molecule has 19 heavy (non-hydrogen) atoms. The normalized spacial score (nSPS) is 16.7. The maximum atomic E-state index is 12.2. The van der Waals surface area contributed by atoms with E-state index in [1.54, 1.807) is 0 Å². The summed E-state index contributed by atoms with van der Waals surface area (Å²) >= 11 is 0. The van der Waals surface area contributed by atoms with Crippen molar-refractivity contribution in [2.45, 2.75) is 51.2 Å². The predicted molar refractivity (Wildman–Crippen MR) is 70.1 cm³/mol. The van der Waals surface area contributed by atoms with E-state index in [2.05, 4.69) is 0 Å². The molecule has 7 heteroatoms. The van der Waals surface area contributed by atoms with Gasteiger partial charge < -0.3 is 10.6 Å². The highest BCUT2D eigenvalue weighted by Crippen LogP contribution is 2.30. The first-order valence-corrected chi connectivity index (χ1v) is 6.44. The van der Waals surface area contributed by atoms with Gasteiger partial charge in [0.2, 0.25) is 5.91 Å². The number of amides is 1. The van der Waals surface area contributed by atoms with Crippen molar-refractivity contribution in [2.24, 2.45) is 11.7 Å². The second-order valence-corrected chi connectivity index (χ2v) is 4.99. The van der Waals surface area contributed by atoms with Gasteiger partial charge in [-0.1, -0.05) is 13.3 Å². The Morgan fingerprint density at radius 1 is 1.42 bits per heavy atom. The van der Waals surface area contributed by atoms with Gasteiger partial charge in [0.05, 0.1) is 12.5 Å². The summed E-state index contributed by atoms with van der Waals surface area (Å²) < 4.78 is 36.6. The molecule has 1 aliphatic carbocycles. The number of hydrogen-bond donors (Lipinski definition) is 1. The fourth-order valence-corrected chi connectivity index (χ4v) is 1.83. The standard InChI is InChI=1S/C12H21F3N2O.ClH/c1-2-3-10(16)11(18)17(8-9-4-5-9)7-6-12(13,14)15;/h9-10H,2-8,16H2,1H3;1H. The van der Waals surface area contributed by atoms with Gasteiger partial charge in [0.15, 0.2) is 0 Å². The van der Waals surface area contributed by atoms with Crippen LogP contribution in [-0.2, 0) is 4.79 Å². The van der Waals surface area contributed by atoms with E-state index < -0.39 is 18.6 Å². The first kappa shape index (κ1) is 18.5. The summed E-state index contributed by atoms with van der Waals surface area (Å²) in [5, 5.41) is 0. The van der Waals surface area contributed by atoms with Gasteiger partial charge in [-0.2, -0.15) is 13.2 Å². The number of rotatable bonds is 7. The Hall–Kier alpha value is -0.490. The van der Waals surface area contributed by atoms with Crippen LogP contribution < -0.4 is 5.73 Å². The molecular weight excluding hydrogens is 281 g/mol. The van der Waals surface area contributed by atoms with Gasteiger partial charge >= 0.3 is 6.18 Å². The van der Waals surface area contributed by atoms with Crippen LogP contribution >= 0.6 is 12.4 Å². The summed E-state index contributed by atoms with van der Waals surface area (Å²) in [4.78, 5) is 13.2. The van der Waals surface area contributed by atoms with Crippen molar-refractivity contribution >= 4 is 18.3 Å². The summed E-state index contributed by atoms with van der Waals surface area (Å²) in [6, 6.07) is -0.665. The Bertz CT molecular complexity index is 283. The Morgan fingerprint density at radius 3 is 2.42 bits per heavy atom. The number of alkyl halides is 3. The molecule has 0 spiro atoms. The van der Waals surface area contributed by atoms with Crippen LogP contribution in [0.25, 0.3) is 0 Å². The van der Waals surface area contributed by atoms with Crippen LogP contribution in [0.3, 0.4) is 0 Å². The lowest BCUT2D eigenvalue weighted by atomic mass is 10.1. The number of carbonyl (C=O) groups excluding carboxylic acids is 1. The zero-order valence-corrected chi connectivity index (χ0v) is 11.9. The minimum absolute atomic E-state index is 0. The molecule has 0 saturated heterocycles. The lowest BCUT2D eigenvalue weighted by Gasteiger charge is -2.26. The quantitative estimate of drug-likeness (QED) is 0.786. The van der Waals surface area contributed by atoms with Crippen LogP contribution in [0, 0.1) is 5.92 Å². The maximum absolute atomic E-state index is 12.2. The molecule has 0 aromatic carbocycles.